The molecule has 0 amide bonds. The molecule has 2 nitrogen and oxygen atoms in total. The van der Waals surface area contributed by atoms with E-state index in [9.17, 15) is 4.79 Å². The topological polar surface area (TPSA) is 26.3 Å². The minimum absolute atomic E-state index is 0.154. The van der Waals surface area contributed by atoms with Crippen LogP contribution in [0, 0.1) is 5.92 Å². The number of rotatable bonds is 12. The van der Waals surface area contributed by atoms with E-state index in [1.54, 1.807) is 0 Å². The lowest BCUT2D eigenvalue weighted by atomic mass is 10.0. The molecule has 0 spiro atoms. The summed E-state index contributed by atoms with van der Waals surface area (Å²) in [6.07, 6.45) is 13.2. The Bertz CT molecular complexity index is 209. The van der Waals surface area contributed by atoms with Crippen LogP contribution in [0.4, 0.5) is 0 Å². The highest BCUT2D eigenvalue weighted by Crippen LogP contribution is 2.13. The second-order valence-corrected chi connectivity index (χ2v) is 5.42. The summed E-state index contributed by atoms with van der Waals surface area (Å²) >= 11 is 0. The molecule has 0 aromatic heterocycles. The summed E-state index contributed by atoms with van der Waals surface area (Å²) in [6.45, 7) is 7.94. The summed E-state index contributed by atoms with van der Waals surface area (Å²) in [7, 11) is 0. The van der Waals surface area contributed by atoms with E-state index in [2.05, 4.69) is 25.2 Å². The van der Waals surface area contributed by atoms with Crippen molar-refractivity contribution in [1.29, 1.82) is 0 Å². The fourth-order valence-corrected chi connectivity index (χ4v) is 2.03. The van der Waals surface area contributed by atoms with Gasteiger partial charge in [0.15, 0.2) is 0 Å². The van der Waals surface area contributed by atoms with Crippen molar-refractivity contribution in [2.75, 3.05) is 0 Å². The molecule has 0 aliphatic heterocycles. The summed E-state index contributed by atoms with van der Waals surface area (Å²) in [5.74, 6) is 0.694. The number of esters is 1. The Balaban J connectivity index is 3.07. The number of unbranched alkanes of at least 4 members (excludes halogenated alkanes) is 7. The highest BCUT2D eigenvalue weighted by atomic mass is 16.5. The molecule has 106 valence electrons. The first-order valence-electron chi connectivity index (χ1n) is 7.47. The average molecular weight is 254 g/mol. The average Bonchev–Trinajstić information content (AvgIpc) is 2.31. The largest absolute Gasteiger partial charge is 0.435 e. The maximum absolute atomic E-state index is 11.0. The molecule has 0 radical (unpaired) electrons. The van der Waals surface area contributed by atoms with Crippen molar-refractivity contribution >= 4 is 5.97 Å². The summed E-state index contributed by atoms with van der Waals surface area (Å²) in [4.78, 5) is 11.0. The maximum atomic E-state index is 11.0. The van der Waals surface area contributed by atoms with Gasteiger partial charge in [0.05, 0.1) is 6.26 Å². The van der Waals surface area contributed by atoms with Crippen LogP contribution in [0.5, 0.6) is 0 Å². The third-order valence-corrected chi connectivity index (χ3v) is 3.13. The van der Waals surface area contributed by atoms with E-state index < -0.39 is 0 Å². The van der Waals surface area contributed by atoms with Crippen molar-refractivity contribution in [2.45, 2.75) is 78.1 Å². The highest BCUT2D eigenvalue weighted by Gasteiger charge is 2.00. The third kappa shape index (κ3) is 13.3. The third-order valence-electron chi connectivity index (χ3n) is 3.13. The van der Waals surface area contributed by atoms with Crippen molar-refractivity contribution in [3.8, 4) is 0 Å². The Hall–Kier alpha value is -0.790. The Morgan fingerprint density at radius 2 is 1.50 bits per heavy atom. The predicted molar refractivity (Wildman–Crippen MR) is 77.3 cm³/mol. The Morgan fingerprint density at radius 3 is 2.00 bits per heavy atom. The smallest absolute Gasteiger partial charge is 0.310 e. The van der Waals surface area contributed by atoms with Gasteiger partial charge in [0.2, 0.25) is 0 Å². The lowest BCUT2D eigenvalue weighted by Crippen LogP contribution is -1.98. The minimum Gasteiger partial charge on any atom is -0.435 e. The van der Waals surface area contributed by atoms with Gasteiger partial charge in [-0.25, -0.2) is 0 Å². The van der Waals surface area contributed by atoms with Crippen molar-refractivity contribution < 1.29 is 9.53 Å². The quantitative estimate of drug-likeness (QED) is 0.271. The summed E-state index contributed by atoms with van der Waals surface area (Å²) in [6, 6.07) is 0. The summed E-state index contributed by atoms with van der Waals surface area (Å²) in [5, 5.41) is 0. The van der Waals surface area contributed by atoms with Crippen LogP contribution in [-0.2, 0) is 9.53 Å². The molecule has 0 heterocycles. The van der Waals surface area contributed by atoms with Crippen LogP contribution in [0.2, 0.25) is 0 Å². The molecule has 0 atom stereocenters. The molecule has 0 aromatic rings. The first kappa shape index (κ1) is 17.2. The standard InChI is InChI=1S/C16H30O2/c1-4-18-16(17)14-12-10-8-6-5-7-9-11-13-15(2)3/h4,15H,1,5-14H2,2-3H3. The summed E-state index contributed by atoms with van der Waals surface area (Å²) < 4.78 is 4.66. The molecule has 18 heavy (non-hydrogen) atoms. The van der Waals surface area contributed by atoms with Gasteiger partial charge >= 0.3 is 5.97 Å². The zero-order chi connectivity index (χ0) is 13.6. The lowest BCUT2D eigenvalue weighted by Gasteiger charge is -2.04. The van der Waals surface area contributed by atoms with Gasteiger partial charge in [-0.15, -0.1) is 0 Å². The SMILES string of the molecule is C=COC(=O)CCCCCCCCCCC(C)C. The lowest BCUT2D eigenvalue weighted by molar-refractivity contribution is -0.138. The van der Waals surface area contributed by atoms with Crippen molar-refractivity contribution in [2.24, 2.45) is 5.92 Å². The molecular weight excluding hydrogens is 224 g/mol. The van der Waals surface area contributed by atoms with E-state index in [0.29, 0.717) is 6.42 Å². The number of carbonyl (C=O) groups is 1. The first-order chi connectivity index (χ1) is 8.66. The zero-order valence-corrected chi connectivity index (χ0v) is 12.2. The fraction of sp³-hybridized carbons (Fsp3) is 0.812. The molecule has 0 N–H and O–H groups in total. The van der Waals surface area contributed by atoms with Crippen LogP contribution >= 0.6 is 0 Å². The van der Waals surface area contributed by atoms with E-state index >= 15 is 0 Å². The molecule has 2 heteroatoms. The number of hydrogen-bond acceptors (Lipinski definition) is 2. The van der Waals surface area contributed by atoms with Gasteiger partial charge in [-0.05, 0) is 12.3 Å². The normalized spacial score (nSPS) is 10.6. The molecule has 0 saturated heterocycles. The van der Waals surface area contributed by atoms with Crippen LogP contribution < -0.4 is 0 Å². The van der Waals surface area contributed by atoms with Crippen LogP contribution in [0.3, 0.4) is 0 Å². The van der Waals surface area contributed by atoms with E-state index in [1.165, 1.54) is 51.2 Å². The monoisotopic (exact) mass is 254 g/mol. The number of hydrogen-bond donors (Lipinski definition) is 0. The van der Waals surface area contributed by atoms with Crippen LogP contribution in [-0.4, -0.2) is 5.97 Å². The first-order valence-corrected chi connectivity index (χ1v) is 7.47. The van der Waals surface area contributed by atoms with Crippen molar-refractivity contribution in [3.05, 3.63) is 12.8 Å². The maximum Gasteiger partial charge on any atom is 0.310 e. The summed E-state index contributed by atoms with van der Waals surface area (Å²) in [5.41, 5.74) is 0. The molecule has 0 aromatic carbocycles. The molecular formula is C16H30O2. The molecule has 0 unspecified atom stereocenters. The molecule has 0 aliphatic carbocycles. The van der Waals surface area contributed by atoms with Gasteiger partial charge in [-0.1, -0.05) is 71.8 Å². The number of carbonyl (C=O) groups excluding carboxylic acids is 1. The second-order valence-electron chi connectivity index (χ2n) is 5.42. The molecule has 0 fully saturated rings. The van der Waals surface area contributed by atoms with Gasteiger partial charge in [0.1, 0.15) is 0 Å². The van der Waals surface area contributed by atoms with Crippen LogP contribution in [0.1, 0.15) is 78.1 Å². The second kappa shape index (κ2) is 12.7. The van der Waals surface area contributed by atoms with Gasteiger partial charge in [-0.3, -0.25) is 4.79 Å². The van der Waals surface area contributed by atoms with Crippen molar-refractivity contribution in [1.82, 2.24) is 0 Å². The molecule has 0 saturated carbocycles. The Morgan fingerprint density at radius 1 is 1.00 bits per heavy atom. The minimum atomic E-state index is -0.154. The van der Waals surface area contributed by atoms with E-state index in [0.717, 1.165) is 18.8 Å². The number of ether oxygens (including phenoxy) is 1. The van der Waals surface area contributed by atoms with E-state index in [1.807, 2.05) is 0 Å². The van der Waals surface area contributed by atoms with Crippen LogP contribution in [0.15, 0.2) is 12.8 Å². The van der Waals surface area contributed by atoms with Gasteiger partial charge in [0, 0.05) is 6.42 Å². The Labute approximate surface area is 113 Å². The van der Waals surface area contributed by atoms with Gasteiger partial charge < -0.3 is 4.74 Å². The molecule has 0 rings (SSSR count). The zero-order valence-electron chi connectivity index (χ0n) is 12.2. The van der Waals surface area contributed by atoms with Gasteiger partial charge in [-0.2, -0.15) is 0 Å². The Kier molecular flexibility index (Phi) is 12.1. The van der Waals surface area contributed by atoms with E-state index in [4.69, 9.17) is 0 Å². The fourth-order valence-electron chi connectivity index (χ4n) is 2.03. The molecule has 0 bridgehead atoms. The highest BCUT2D eigenvalue weighted by molar-refractivity contribution is 5.69. The van der Waals surface area contributed by atoms with Crippen LogP contribution in [0.25, 0.3) is 0 Å². The van der Waals surface area contributed by atoms with Crippen molar-refractivity contribution in [3.63, 3.8) is 0 Å². The predicted octanol–water partition coefficient (Wildman–Crippen LogP) is 5.23. The molecule has 0 aliphatic rings. The van der Waals surface area contributed by atoms with E-state index in [-0.39, 0.29) is 5.97 Å². The van der Waals surface area contributed by atoms with Gasteiger partial charge in [0.25, 0.3) is 0 Å².